The molecule has 0 amide bonds. The van der Waals surface area contributed by atoms with Crippen LogP contribution in [-0.4, -0.2) is 9.97 Å². The fraction of sp³-hybridized carbons (Fsp3) is 0.0588. The van der Waals surface area contributed by atoms with E-state index in [0.717, 1.165) is 9.64 Å². The van der Waals surface area contributed by atoms with E-state index >= 15 is 0 Å². The van der Waals surface area contributed by atoms with Crippen molar-refractivity contribution in [2.45, 2.75) is 6.18 Å². The van der Waals surface area contributed by atoms with Gasteiger partial charge >= 0.3 is 6.18 Å². The van der Waals surface area contributed by atoms with Crippen LogP contribution in [0.25, 0.3) is 0 Å². The lowest BCUT2D eigenvalue weighted by Crippen LogP contribution is -2.13. The van der Waals surface area contributed by atoms with E-state index in [1.165, 1.54) is 18.2 Å². The van der Waals surface area contributed by atoms with Gasteiger partial charge in [-0.2, -0.15) is 18.2 Å². The standard InChI is InChI=1S/C17H11F4IN4/c18-13-3-1-2-4-14(13)25-15-12(17(19,20)21)9-23-16(26-15)24-11-7-5-10(22)6-8-11/h1-9H,(H2,23,24,25,26). The minimum Gasteiger partial charge on any atom is -0.337 e. The van der Waals surface area contributed by atoms with Crippen LogP contribution in [0.4, 0.5) is 40.7 Å². The minimum absolute atomic E-state index is 0.0435. The average Bonchev–Trinajstić information content (AvgIpc) is 2.58. The number of para-hydroxylation sites is 1. The first-order valence-electron chi connectivity index (χ1n) is 7.31. The maximum atomic E-state index is 13.8. The Morgan fingerprint density at radius 1 is 0.923 bits per heavy atom. The third-order valence-corrected chi connectivity index (χ3v) is 4.04. The summed E-state index contributed by atoms with van der Waals surface area (Å²) < 4.78 is 54.4. The van der Waals surface area contributed by atoms with Crippen molar-refractivity contribution in [3.63, 3.8) is 0 Å². The second-order valence-corrected chi connectivity index (χ2v) is 6.44. The molecule has 0 bridgehead atoms. The third-order valence-electron chi connectivity index (χ3n) is 3.32. The minimum atomic E-state index is -4.69. The Bertz CT molecular complexity index is 913. The lowest BCUT2D eigenvalue weighted by molar-refractivity contribution is -0.137. The number of alkyl halides is 3. The molecule has 2 N–H and O–H groups in total. The van der Waals surface area contributed by atoms with Crippen LogP contribution in [0.3, 0.4) is 0 Å². The summed E-state index contributed by atoms with van der Waals surface area (Å²) in [6.45, 7) is 0. The molecule has 1 heterocycles. The summed E-state index contributed by atoms with van der Waals surface area (Å²) in [4.78, 5) is 7.58. The van der Waals surface area contributed by atoms with Gasteiger partial charge in [-0.15, -0.1) is 0 Å². The van der Waals surface area contributed by atoms with E-state index in [4.69, 9.17) is 0 Å². The lowest BCUT2D eigenvalue weighted by atomic mass is 10.2. The second-order valence-electron chi connectivity index (χ2n) is 5.19. The highest BCUT2D eigenvalue weighted by atomic mass is 127. The third kappa shape index (κ3) is 4.40. The molecule has 0 spiro atoms. The Morgan fingerprint density at radius 2 is 1.62 bits per heavy atom. The second kappa shape index (κ2) is 7.44. The van der Waals surface area contributed by atoms with Crippen LogP contribution in [0.5, 0.6) is 0 Å². The maximum Gasteiger partial charge on any atom is 0.421 e. The first-order chi connectivity index (χ1) is 12.3. The van der Waals surface area contributed by atoms with E-state index in [1.807, 2.05) is 12.1 Å². The molecule has 0 fully saturated rings. The van der Waals surface area contributed by atoms with Gasteiger partial charge in [0, 0.05) is 15.5 Å². The Labute approximate surface area is 159 Å². The molecule has 134 valence electrons. The van der Waals surface area contributed by atoms with Crippen LogP contribution < -0.4 is 10.6 Å². The normalized spacial score (nSPS) is 11.3. The van der Waals surface area contributed by atoms with Crippen LogP contribution >= 0.6 is 22.6 Å². The molecule has 3 rings (SSSR count). The number of benzene rings is 2. The summed E-state index contributed by atoms with van der Waals surface area (Å²) in [5.41, 5.74) is -0.590. The molecular weight excluding hydrogens is 463 g/mol. The van der Waals surface area contributed by atoms with Gasteiger partial charge in [0.25, 0.3) is 0 Å². The van der Waals surface area contributed by atoms with Gasteiger partial charge in [0.15, 0.2) is 0 Å². The summed E-state index contributed by atoms with van der Waals surface area (Å²) in [6, 6.07) is 12.5. The van der Waals surface area contributed by atoms with E-state index in [-0.39, 0.29) is 11.6 Å². The Balaban J connectivity index is 1.96. The van der Waals surface area contributed by atoms with E-state index < -0.39 is 23.4 Å². The highest BCUT2D eigenvalue weighted by Crippen LogP contribution is 2.35. The average molecular weight is 474 g/mol. The zero-order valence-corrected chi connectivity index (χ0v) is 15.1. The molecule has 0 unspecified atom stereocenters. The predicted octanol–water partition coefficient (Wildman–Crippen LogP) is 5.73. The molecule has 26 heavy (non-hydrogen) atoms. The largest absolute Gasteiger partial charge is 0.421 e. The van der Waals surface area contributed by atoms with E-state index in [2.05, 4.69) is 43.2 Å². The van der Waals surface area contributed by atoms with Crippen LogP contribution in [-0.2, 0) is 6.18 Å². The SMILES string of the molecule is Fc1ccccc1Nc1nc(Nc2ccc(I)cc2)ncc1C(F)(F)F. The van der Waals surface area contributed by atoms with E-state index in [0.29, 0.717) is 11.9 Å². The summed E-state index contributed by atoms with van der Waals surface area (Å²) >= 11 is 2.13. The molecule has 0 saturated heterocycles. The number of nitrogens with zero attached hydrogens (tertiary/aromatic N) is 2. The van der Waals surface area contributed by atoms with Gasteiger partial charge in [-0.1, -0.05) is 12.1 Å². The lowest BCUT2D eigenvalue weighted by Gasteiger charge is -2.15. The zero-order valence-electron chi connectivity index (χ0n) is 13.0. The number of anilines is 4. The van der Waals surface area contributed by atoms with Crippen molar-refractivity contribution >= 4 is 45.7 Å². The van der Waals surface area contributed by atoms with Crippen LogP contribution in [0.15, 0.2) is 54.7 Å². The number of nitrogens with one attached hydrogen (secondary N) is 2. The molecule has 2 aromatic carbocycles. The fourth-order valence-electron chi connectivity index (χ4n) is 2.10. The quantitative estimate of drug-likeness (QED) is 0.375. The first-order valence-corrected chi connectivity index (χ1v) is 8.39. The predicted molar refractivity (Wildman–Crippen MR) is 99.2 cm³/mol. The van der Waals surface area contributed by atoms with Gasteiger partial charge in [-0.25, -0.2) is 9.37 Å². The number of hydrogen-bond acceptors (Lipinski definition) is 4. The van der Waals surface area contributed by atoms with Crippen molar-refractivity contribution in [2.24, 2.45) is 0 Å². The van der Waals surface area contributed by atoms with Crippen LogP contribution in [0.1, 0.15) is 5.56 Å². The van der Waals surface area contributed by atoms with Crippen molar-refractivity contribution in [2.75, 3.05) is 10.6 Å². The molecule has 0 saturated carbocycles. The number of aromatic nitrogens is 2. The smallest absolute Gasteiger partial charge is 0.337 e. The van der Waals surface area contributed by atoms with E-state index in [9.17, 15) is 17.6 Å². The Morgan fingerprint density at radius 3 is 2.27 bits per heavy atom. The molecular formula is C17H11F4IN4. The summed E-state index contributed by atoms with van der Waals surface area (Å²) in [5, 5.41) is 5.22. The van der Waals surface area contributed by atoms with E-state index in [1.54, 1.807) is 12.1 Å². The molecule has 1 aromatic heterocycles. The number of hydrogen-bond donors (Lipinski definition) is 2. The molecule has 0 aliphatic rings. The Hall–Kier alpha value is -2.43. The van der Waals surface area contributed by atoms with Gasteiger partial charge in [-0.3, -0.25) is 0 Å². The van der Waals surface area contributed by atoms with Gasteiger partial charge in [0.2, 0.25) is 5.95 Å². The molecule has 4 nitrogen and oxygen atoms in total. The van der Waals surface area contributed by atoms with Gasteiger partial charge in [0.1, 0.15) is 17.2 Å². The molecule has 0 atom stereocenters. The molecule has 0 aliphatic carbocycles. The number of rotatable bonds is 4. The molecule has 3 aromatic rings. The van der Waals surface area contributed by atoms with Crippen LogP contribution in [0, 0.1) is 9.39 Å². The van der Waals surface area contributed by atoms with Gasteiger partial charge < -0.3 is 10.6 Å². The summed E-state index contributed by atoms with van der Waals surface area (Å²) in [7, 11) is 0. The topological polar surface area (TPSA) is 49.8 Å². The highest BCUT2D eigenvalue weighted by molar-refractivity contribution is 14.1. The zero-order chi connectivity index (χ0) is 18.7. The number of halogens is 5. The molecule has 9 heteroatoms. The maximum absolute atomic E-state index is 13.8. The Kier molecular flexibility index (Phi) is 5.25. The van der Waals surface area contributed by atoms with Gasteiger partial charge in [0.05, 0.1) is 5.69 Å². The van der Waals surface area contributed by atoms with Crippen molar-refractivity contribution in [3.05, 3.63) is 69.7 Å². The highest BCUT2D eigenvalue weighted by Gasteiger charge is 2.35. The molecule has 0 aliphatic heterocycles. The first kappa shape index (κ1) is 18.4. The van der Waals surface area contributed by atoms with Crippen LogP contribution in [0.2, 0.25) is 0 Å². The van der Waals surface area contributed by atoms with Crippen molar-refractivity contribution in [1.29, 1.82) is 0 Å². The van der Waals surface area contributed by atoms with Crippen molar-refractivity contribution in [3.8, 4) is 0 Å². The van der Waals surface area contributed by atoms with Crippen molar-refractivity contribution < 1.29 is 17.6 Å². The van der Waals surface area contributed by atoms with Gasteiger partial charge in [-0.05, 0) is 59.0 Å². The summed E-state index contributed by atoms with van der Waals surface area (Å²) in [5.74, 6) is -1.27. The molecule has 0 radical (unpaired) electrons. The van der Waals surface area contributed by atoms with Crippen molar-refractivity contribution in [1.82, 2.24) is 9.97 Å². The monoisotopic (exact) mass is 474 g/mol. The fourth-order valence-corrected chi connectivity index (χ4v) is 2.46. The summed E-state index contributed by atoms with van der Waals surface area (Å²) in [6.07, 6.45) is -4.03.